The van der Waals surface area contributed by atoms with E-state index in [0.29, 0.717) is 17.5 Å². The summed E-state index contributed by atoms with van der Waals surface area (Å²) in [5, 5.41) is 13.8. The second-order valence-corrected chi connectivity index (χ2v) is 6.64. The third kappa shape index (κ3) is 4.33. The first kappa shape index (κ1) is 18.1. The lowest BCUT2D eigenvalue weighted by atomic mass is 10.1. The Morgan fingerprint density at radius 1 is 0.821 bits per heavy atom. The molecule has 2 aromatic carbocycles. The number of benzene rings is 2. The Balaban J connectivity index is 1.43. The molecule has 4 rings (SSSR count). The highest BCUT2D eigenvalue weighted by Crippen LogP contribution is 2.23. The van der Waals surface area contributed by atoms with Crippen molar-refractivity contribution in [3.8, 4) is 0 Å². The standard InChI is InChI=1S/C20H20F2N6/c21-17-9-6-15(12-18(17)22)24-19-13-23-27-20(26-19)25-14-4-7-16(8-5-14)28-10-2-1-3-11-28/h4-9,12-13H,1-3,10-11H2,(H2,24,25,26,27). The molecule has 0 bridgehead atoms. The molecule has 2 heterocycles. The van der Waals surface area contributed by atoms with Crippen LogP contribution < -0.4 is 15.5 Å². The number of piperidine rings is 1. The van der Waals surface area contributed by atoms with Crippen LogP contribution in [0.1, 0.15) is 19.3 Å². The normalized spacial score (nSPS) is 14.0. The van der Waals surface area contributed by atoms with Crippen LogP contribution in [0, 0.1) is 11.6 Å². The van der Waals surface area contributed by atoms with Crippen LogP contribution in [-0.4, -0.2) is 28.3 Å². The lowest BCUT2D eigenvalue weighted by Gasteiger charge is -2.28. The van der Waals surface area contributed by atoms with Gasteiger partial charge in [0.15, 0.2) is 17.5 Å². The molecule has 8 heteroatoms. The van der Waals surface area contributed by atoms with Crippen LogP contribution in [-0.2, 0) is 0 Å². The topological polar surface area (TPSA) is 66.0 Å². The second kappa shape index (κ2) is 8.16. The van der Waals surface area contributed by atoms with Crippen molar-refractivity contribution in [1.82, 2.24) is 15.2 Å². The van der Waals surface area contributed by atoms with Crippen molar-refractivity contribution in [3.05, 3.63) is 60.3 Å². The van der Waals surface area contributed by atoms with E-state index in [1.165, 1.54) is 37.2 Å². The van der Waals surface area contributed by atoms with Gasteiger partial charge in [0.1, 0.15) is 0 Å². The molecule has 2 N–H and O–H groups in total. The van der Waals surface area contributed by atoms with Crippen LogP contribution >= 0.6 is 0 Å². The van der Waals surface area contributed by atoms with Crippen LogP contribution in [0.5, 0.6) is 0 Å². The molecular weight excluding hydrogens is 362 g/mol. The smallest absolute Gasteiger partial charge is 0.249 e. The molecule has 28 heavy (non-hydrogen) atoms. The fourth-order valence-electron chi connectivity index (χ4n) is 3.18. The monoisotopic (exact) mass is 382 g/mol. The van der Waals surface area contributed by atoms with Crippen molar-refractivity contribution in [2.45, 2.75) is 19.3 Å². The van der Waals surface area contributed by atoms with Crippen molar-refractivity contribution in [3.63, 3.8) is 0 Å². The highest BCUT2D eigenvalue weighted by atomic mass is 19.2. The summed E-state index contributed by atoms with van der Waals surface area (Å²) in [6, 6.07) is 11.6. The van der Waals surface area contributed by atoms with Crippen LogP contribution in [0.15, 0.2) is 48.7 Å². The van der Waals surface area contributed by atoms with Crippen molar-refractivity contribution >= 4 is 28.8 Å². The van der Waals surface area contributed by atoms with Crippen molar-refractivity contribution in [1.29, 1.82) is 0 Å². The van der Waals surface area contributed by atoms with E-state index in [9.17, 15) is 8.78 Å². The highest BCUT2D eigenvalue weighted by molar-refractivity contribution is 5.61. The van der Waals surface area contributed by atoms with E-state index in [4.69, 9.17) is 0 Å². The van der Waals surface area contributed by atoms with Gasteiger partial charge < -0.3 is 15.5 Å². The number of hydrogen-bond acceptors (Lipinski definition) is 6. The predicted octanol–water partition coefficient (Wildman–Crippen LogP) is 4.63. The fraction of sp³-hybridized carbons (Fsp3) is 0.250. The van der Waals surface area contributed by atoms with Crippen LogP contribution in [0.2, 0.25) is 0 Å². The number of aromatic nitrogens is 3. The number of anilines is 5. The van der Waals surface area contributed by atoms with Gasteiger partial charge in [0.25, 0.3) is 0 Å². The molecule has 1 aromatic heterocycles. The van der Waals surface area contributed by atoms with Crippen LogP contribution in [0.3, 0.4) is 0 Å². The molecule has 1 saturated heterocycles. The first-order chi connectivity index (χ1) is 13.7. The molecule has 1 fully saturated rings. The number of hydrogen-bond donors (Lipinski definition) is 2. The Morgan fingerprint density at radius 2 is 1.57 bits per heavy atom. The van der Waals surface area contributed by atoms with Crippen LogP contribution in [0.25, 0.3) is 0 Å². The molecule has 0 radical (unpaired) electrons. The van der Waals surface area contributed by atoms with E-state index in [1.807, 2.05) is 12.1 Å². The number of halogens is 2. The molecular formula is C20H20F2N6. The lowest BCUT2D eigenvalue weighted by molar-refractivity contribution is 0.509. The van der Waals surface area contributed by atoms with Gasteiger partial charge in [-0.15, -0.1) is 5.10 Å². The lowest BCUT2D eigenvalue weighted by Crippen LogP contribution is -2.29. The van der Waals surface area contributed by atoms with E-state index >= 15 is 0 Å². The zero-order valence-electron chi connectivity index (χ0n) is 15.2. The molecule has 0 aliphatic carbocycles. The number of nitrogens with one attached hydrogen (secondary N) is 2. The summed E-state index contributed by atoms with van der Waals surface area (Å²) < 4.78 is 26.4. The zero-order valence-corrected chi connectivity index (χ0v) is 15.2. The summed E-state index contributed by atoms with van der Waals surface area (Å²) in [6.45, 7) is 2.19. The summed E-state index contributed by atoms with van der Waals surface area (Å²) >= 11 is 0. The molecule has 0 saturated carbocycles. The summed E-state index contributed by atoms with van der Waals surface area (Å²) in [5.74, 6) is -1.16. The maximum Gasteiger partial charge on any atom is 0.249 e. The number of nitrogens with zero attached hydrogens (tertiary/aromatic N) is 4. The minimum Gasteiger partial charge on any atom is -0.372 e. The van der Waals surface area contributed by atoms with Crippen LogP contribution in [0.4, 0.5) is 37.6 Å². The molecule has 0 atom stereocenters. The van der Waals surface area contributed by atoms with Gasteiger partial charge in [0, 0.05) is 36.2 Å². The third-order valence-electron chi connectivity index (χ3n) is 4.60. The largest absolute Gasteiger partial charge is 0.372 e. The van der Waals surface area contributed by atoms with E-state index in [0.717, 1.165) is 30.9 Å². The first-order valence-corrected chi connectivity index (χ1v) is 9.21. The SMILES string of the molecule is Fc1ccc(Nc2cnnc(Nc3ccc(N4CCCCC4)cc3)n2)cc1F. The average Bonchev–Trinajstić information content (AvgIpc) is 2.72. The molecule has 144 valence electrons. The molecule has 6 nitrogen and oxygen atoms in total. The van der Waals surface area contributed by atoms with Gasteiger partial charge in [-0.25, -0.2) is 8.78 Å². The molecule has 0 unspecified atom stereocenters. The average molecular weight is 382 g/mol. The molecule has 0 amide bonds. The Hall–Kier alpha value is -3.29. The molecule has 1 aliphatic heterocycles. The highest BCUT2D eigenvalue weighted by Gasteiger charge is 2.11. The summed E-state index contributed by atoms with van der Waals surface area (Å²) in [7, 11) is 0. The van der Waals surface area contributed by atoms with E-state index in [-0.39, 0.29) is 0 Å². The minimum absolute atomic E-state index is 0.304. The van der Waals surface area contributed by atoms with E-state index < -0.39 is 11.6 Å². The van der Waals surface area contributed by atoms with Crippen molar-refractivity contribution in [2.75, 3.05) is 28.6 Å². The van der Waals surface area contributed by atoms with Gasteiger partial charge in [0.2, 0.25) is 5.95 Å². The summed E-state index contributed by atoms with van der Waals surface area (Å²) in [4.78, 5) is 6.69. The van der Waals surface area contributed by atoms with Gasteiger partial charge in [-0.05, 0) is 55.7 Å². The Kier molecular flexibility index (Phi) is 5.27. The van der Waals surface area contributed by atoms with Gasteiger partial charge >= 0.3 is 0 Å². The summed E-state index contributed by atoms with van der Waals surface area (Å²) in [6.07, 6.45) is 5.18. The Labute approximate surface area is 161 Å². The van der Waals surface area contributed by atoms with Crippen molar-refractivity contribution in [2.24, 2.45) is 0 Å². The first-order valence-electron chi connectivity index (χ1n) is 9.21. The van der Waals surface area contributed by atoms with Gasteiger partial charge in [-0.2, -0.15) is 10.1 Å². The Morgan fingerprint density at radius 3 is 2.32 bits per heavy atom. The second-order valence-electron chi connectivity index (χ2n) is 6.64. The quantitative estimate of drug-likeness (QED) is 0.671. The predicted molar refractivity (Wildman–Crippen MR) is 105 cm³/mol. The third-order valence-corrected chi connectivity index (χ3v) is 4.60. The molecule has 0 spiro atoms. The minimum atomic E-state index is -0.931. The van der Waals surface area contributed by atoms with E-state index in [1.54, 1.807) is 0 Å². The fourth-order valence-corrected chi connectivity index (χ4v) is 3.18. The van der Waals surface area contributed by atoms with Gasteiger partial charge in [-0.3, -0.25) is 0 Å². The zero-order chi connectivity index (χ0) is 19.3. The van der Waals surface area contributed by atoms with Gasteiger partial charge in [-0.1, -0.05) is 0 Å². The maximum atomic E-state index is 13.3. The Bertz CT molecular complexity index is 942. The molecule has 3 aromatic rings. The van der Waals surface area contributed by atoms with Crippen molar-refractivity contribution < 1.29 is 8.78 Å². The number of rotatable bonds is 5. The van der Waals surface area contributed by atoms with Gasteiger partial charge in [0.05, 0.1) is 6.20 Å². The summed E-state index contributed by atoms with van der Waals surface area (Å²) in [5.41, 5.74) is 2.42. The van der Waals surface area contributed by atoms with E-state index in [2.05, 4.69) is 42.8 Å². The maximum absolute atomic E-state index is 13.3. The molecule has 1 aliphatic rings.